The van der Waals surface area contributed by atoms with E-state index in [1.54, 1.807) is 19.9 Å². The van der Waals surface area contributed by atoms with Gasteiger partial charge in [0.05, 0.1) is 17.5 Å². The van der Waals surface area contributed by atoms with Gasteiger partial charge in [0.15, 0.2) is 0 Å². The van der Waals surface area contributed by atoms with Crippen molar-refractivity contribution in [2.45, 2.75) is 26.3 Å². The lowest BCUT2D eigenvalue weighted by Crippen LogP contribution is -2.41. The first-order valence-electron chi connectivity index (χ1n) is 6.30. The van der Waals surface area contributed by atoms with Crippen molar-refractivity contribution >= 4 is 27.8 Å². The van der Waals surface area contributed by atoms with Crippen molar-refractivity contribution in [2.75, 3.05) is 13.2 Å². The van der Waals surface area contributed by atoms with Gasteiger partial charge in [-0.25, -0.2) is 0 Å². The van der Waals surface area contributed by atoms with Crippen molar-refractivity contribution in [1.29, 1.82) is 0 Å². The monoisotopic (exact) mass is 343 g/mol. The summed E-state index contributed by atoms with van der Waals surface area (Å²) in [6.07, 6.45) is 0.146. The predicted octanol–water partition coefficient (Wildman–Crippen LogP) is 2.54. The number of hydrogen-bond donors (Lipinski definition) is 1. The van der Waals surface area contributed by atoms with Crippen LogP contribution in [0.5, 0.6) is 5.75 Å². The van der Waals surface area contributed by atoms with Gasteiger partial charge in [-0.15, -0.1) is 0 Å². The largest absolute Gasteiger partial charge is 0.492 e. The van der Waals surface area contributed by atoms with Crippen LogP contribution >= 0.6 is 15.9 Å². The number of para-hydroxylation sites is 1. The Kier molecular flexibility index (Phi) is 6.51. The number of carboxylic acid groups (broad SMARTS) is 1. The second-order valence-electron chi connectivity index (χ2n) is 4.54. The molecule has 0 unspecified atom stereocenters. The van der Waals surface area contributed by atoms with Crippen LogP contribution in [0.15, 0.2) is 28.7 Å². The van der Waals surface area contributed by atoms with E-state index in [1.807, 2.05) is 18.2 Å². The molecular formula is C14H18BrNO4. The summed E-state index contributed by atoms with van der Waals surface area (Å²) in [4.78, 5) is 24.0. The third-order valence-electron chi connectivity index (χ3n) is 2.66. The molecule has 0 fully saturated rings. The molecule has 1 aromatic rings. The van der Waals surface area contributed by atoms with Crippen molar-refractivity contribution < 1.29 is 19.4 Å². The molecule has 0 aromatic heterocycles. The SMILES string of the molecule is CC(C)N(CC(=O)O)C(=O)CCOc1ccccc1Br. The van der Waals surface area contributed by atoms with Gasteiger partial charge in [0.2, 0.25) is 5.91 Å². The number of benzene rings is 1. The minimum Gasteiger partial charge on any atom is -0.492 e. The summed E-state index contributed by atoms with van der Waals surface area (Å²) in [6.45, 7) is 3.50. The zero-order valence-corrected chi connectivity index (χ0v) is 13.1. The molecule has 1 rings (SSSR count). The molecule has 0 bridgehead atoms. The fourth-order valence-corrected chi connectivity index (χ4v) is 2.06. The summed E-state index contributed by atoms with van der Waals surface area (Å²) >= 11 is 3.35. The van der Waals surface area contributed by atoms with Gasteiger partial charge >= 0.3 is 5.97 Å². The quantitative estimate of drug-likeness (QED) is 0.826. The number of carboxylic acids is 1. The first-order valence-corrected chi connectivity index (χ1v) is 7.09. The standard InChI is InChI=1S/C14H18BrNO4/c1-10(2)16(9-14(18)19)13(17)7-8-20-12-6-4-3-5-11(12)15/h3-6,10H,7-9H2,1-2H3,(H,18,19). The molecule has 1 aromatic carbocycles. The fraction of sp³-hybridized carbons (Fsp3) is 0.429. The van der Waals surface area contributed by atoms with E-state index in [9.17, 15) is 9.59 Å². The fourth-order valence-electron chi connectivity index (χ4n) is 1.66. The van der Waals surface area contributed by atoms with Crippen molar-refractivity contribution in [1.82, 2.24) is 4.90 Å². The molecule has 0 atom stereocenters. The Balaban J connectivity index is 2.49. The Morgan fingerprint density at radius 1 is 1.35 bits per heavy atom. The van der Waals surface area contributed by atoms with Gasteiger partial charge in [-0.1, -0.05) is 12.1 Å². The second kappa shape index (κ2) is 7.89. The van der Waals surface area contributed by atoms with E-state index in [2.05, 4.69) is 15.9 Å². The zero-order valence-electron chi connectivity index (χ0n) is 11.5. The average Bonchev–Trinajstić information content (AvgIpc) is 2.37. The number of carbonyl (C=O) groups is 2. The maximum Gasteiger partial charge on any atom is 0.323 e. The van der Waals surface area contributed by atoms with E-state index in [0.717, 1.165) is 4.47 Å². The van der Waals surface area contributed by atoms with Gasteiger partial charge in [0.25, 0.3) is 0 Å². The number of hydrogen-bond acceptors (Lipinski definition) is 3. The predicted molar refractivity (Wildman–Crippen MR) is 78.7 cm³/mol. The highest BCUT2D eigenvalue weighted by Gasteiger charge is 2.19. The normalized spacial score (nSPS) is 10.4. The molecule has 0 aliphatic rings. The summed E-state index contributed by atoms with van der Waals surface area (Å²) in [6, 6.07) is 7.21. The van der Waals surface area contributed by atoms with Gasteiger partial charge in [-0.2, -0.15) is 0 Å². The molecule has 0 heterocycles. The smallest absolute Gasteiger partial charge is 0.323 e. The first-order chi connectivity index (χ1) is 9.41. The number of carbonyl (C=O) groups excluding carboxylic acids is 1. The third kappa shape index (κ3) is 5.21. The van der Waals surface area contributed by atoms with Crippen molar-refractivity contribution in [2.24, 2.45) is 0 Å². The number of ether oxygens (including phenoxy) is 1. The van der Waals surface area contributed by atoms with E-state index < -0.39 is 5.97 Å². The molecule has 0 aliphatic carbocycles. The maximum atomic E-state index is 12.0. The molecule has 0 saturated carbocycles. The highest BCUT2D eigenvalue weighted by molar-refractivity contribution is 9.10. The molecule has 20 heavy (non-hydrogen) atoms. The number of halogens is 1. The van der Waals surface area contributed by atoms with Crippen molar-refractivity contribution in [3.05, 3.63) is 28.7 Å². The molecule has 6 heteroatoms. The van der Waals surface area contributed by atoms with Crippen LogP contribution in [0.25, 0.3) is 0 Å². The first kappa shape index (κ1) is 16.5. The Morgan fingerprint density at radius 3 is 2.55 bits per heavy atom. The highest BCUT2D eigenvalue weighted by atomic mass is 79.9. The van der Waals surface area contributed by atoms with Crippen LogP contribution in [-0.4, -0.2) is 41.1 Å². The van der Waals surface area contributed by atoms with Crippen LogP contribution in [0.1, 0.15) is 20.3 Å². The summed E-state index contributed by atoms with van der Waals surface area (Å²) in [5.74, 6) is -0.581. The van der Waals surface area contributed by atoms with E-state index >= 15 is 0 Å². The van der Waals surface area contributed by atoms with E-state index in [0.29, 0.717) is 5.75 Å². The minimum atomic E-state index is -1.02. The van der Waals surface area contributed by atoms with Gasteiger partial charge in [0, 0.05) is 6.04 Å². The minimum absolute atomic E-state index is 0.146. The molecule has 110 valence electrons. The molecule has 0 saturated heterocycles. The summed E-state index contributed by atoms with van der Waals surface area (Å²) in [7, 11) is 0. The van der Waals surface area contributed by atoms with Crippen LogP contribution in [0, 0.1) is 0 Å². The average molecular weight is 344 g/mol. The molecule has 0 radical (unpaired) electrons. The van der Waals surface area contributed by atoms with E-state index in [1.165, 1.54) is 4.90 Å². The molecule has 1 amide bonds. The number of amides is 1. The second-order valence-corrected chi connectivity index (χ2v) is 5.39. The third-order valence-corrected chi connectivity index (χ3v) is 3.31. The highest BCUT2D eigenvalue weighted by Crippen LogP contribution is 2.23. The van der Waals surface area contributed by atoms with Crippen LogP contribution in [0.4, 0.5) is 0 Å². The van der Waals surface area contributed by atoms with Crippen LogP contribution in [0.3, 0.4) is 0 Å². The number of aliphatic carboxylic acids is 1. The summed E-state index contributed by atoms with van der Waals surface area (Å²) < 4.78 is 6.32. The van der Waals surface area contributed by atoms with Gasteiger partial charge in [0.1, 0.15) is 12.3 Å². The number of nitrogens with zero attached hydrogens (tertiary/aromatic N) is 1. The summed E-state index contributed by atoms with van der Waals surface area (Å²) in [5.41, 5.74) is 0. The molecule has 5 nitrogen and oxygen atoms in total. The Hall–Kier alpha value is -1.56. The lowest BCUT2D eigenvalue weighted by atomic mass is 10.2. The van der Waals surface area contributed by atoms with Crippen LogP contribution < -0.4 is 4.74 Å². The molecule has 1 N–H and O–H groups in total. The van der Waals surface area contributed by atoms with E-state index in [-0.39, 0.29) is 31.5 Å². The Morgan fingerprint density at radius 2 is 2.00 bits per heavy atom. The maximum absolute atomic E-state index is 12.0. The zero-order chi connectivity index (χ0) is 15.1. The van der Waals surface area contributed by atoms with Crippen LogP contribution in [-0.2, 0) is 9.59 Å². The topological polar surface area (TPSA) is 66.8 Å². The summed E-state index contributed by atoms with van der Waals surface area (Å²) in [5, 5.41) is 8.79. The molecular weight excluding hydrogens is 326 g/mol. The Labute approximate surface area is 126 Å². The van der Waals surface area contributed by atoms with Crippen molar-refractivity contribution in [3.63, 3.8) is 0 Å². The van der Waals surface area contributed by atoms with Gasteiger partial charge in [-0.3, -0.25) is 9.59 Å². The molecule has 0 spiro atoms. The van der Waals surface area contributed by atoms with Gasteiger partial charge < -0.3 is 14.7 Å². The van der Waals surface area contributed by atoms with Gasteiger partial charge in [-0.05, 0) is 41.9 Å². The molecule has 0 aliphatic heterocycles. The van der Waals surface area contributed by atoms with Crippen LogP contribution in [0.2, 0.25) is 0 Å². The lowest BCUT2D eigenvalue weighted by Gasteiger charge is -2.24. The van der Waals surface area contributed by atoms with Crippen molar-refractivity contribution in [3.8, 4) is 5.75 Å². The Bertz CT molecular complexity index is 476. The lowest BCUT2D eigenvalue weighted by molar-refractivity contribution is -0.146. The van der Waals surface area contributed by atoms with E-state index in [4.69, 9.17) is 9.84 Å². The number of rotatable bonds is 7.